The lowest BCUT2D eigenvalue weighted by atomic mass is 10.2. The number of hydrogen-bond acceptors (Lipinski definition) is 3. The number of rotatable bonds is 5. The normalized spacial score (nSPS) is 10.2. The number of urea groups is 1. The summed E-state index contributed by atoms with van der Waals surface area (Å²) in [6.07, 6.45) is 0. The maximum atomic E-state index is 11.2. The third-order valence-electron chi connectivity index (χ3n) is 2.65. The van der Waals surface area contributed by atoms with Gasteiger partial charge in [-0.05, 0) is 25.1 Å². The Bertz CT molecular complexity index is 556. The highest BCUT2D eigenvalue weighted by molar-refractivity contribution is 5.80. The Morgan fingerprint density at radius 2 is 1.95 bits per heavy atom. The Morgan fingerprint density at radius 1 is 1.11 bits per heavy atom. The summed E-state index contributed by atoms with van der Waals surface area (Å²) in [4.78, 5) is 15.7. The molecule has 0 spiro atoms. The van der Waals surface area contributed by atoms with Crippen LogP contribution in [0.3, 0.4) is 0 Å². The van der Waals surface area contributed by atoms with Gasteiger partial charge in [-0.2, -0.15) is 0 Å². The van der Waals surface area contributed by atoms with E-state index >= 15 is 0 Å². The first-order chi connectivity index (χ1) is 9.29. The first-order valence-electron chi connectivity index (χ1n) is 6.41. The van der Waals surface area contributed by atoms with Gasteiger partial charge in [0.15, 0.2) is 0 Å². The second kappa shape index (κ2) is 6.58. The van der Waals surface area contributed by atoms with Crippen LogP contribution >= 0.6 is 0 Å². The smallest absolute Gasteiger partial charge is 0.314 e. The van der Waals surface area contributed by atoms with Crippen molar-refractivity contribution in [3.63, 3.8) is 0 Å². The number of benzene rings is 1. The lowest BCUT2D eigenvalue weighted by molar-refractivity contribution is 0.242. The minimum absolute atomic E-state index is 0.143. The Morgan fingerprint density at radius 3 is 2.79 bits per heavy atom. The zero-order valence-corrected chi connectivity index (χ0v) is 10.9. The average Bonchev–Trinajstić information content (AvgIpc) is 2.44. The predicted molar refractivity (Wildman–Crippen MR) is 77.3 cm³/mol. The minimum Gasteiger partial charge on any atom is -0.368 e. The van der Waals surface area contributed by atoms with E-state index in [2.05, 4.69) is 20.9 Å². The zero-order valence-electron chi connectivity index (χ0n) is 10.9. The summed E-state index contributed by atoms with van der Waals surface area (Å²) in [6.45, 7) is 3.71. The first-order valence-corrected chi connectivity index (χ1v) is 6.41. The molecule has 0 aliphatic carbocycles. The van der Waals surface area contributed by atoms with Crippen LogP contribution in [0.15, 0.2) is 36.4 Å². The molecule has 0 unspecified atom stereocenters. The van der Waals surface area contributed by atoms with E-state index in [1.807, 2.05) is 43.3 Å². The molecule has 0 radical (unpaired) electrons. The summed E-state index contributed by atoms with van der Waals surface area (Å²) in [7, 11) is 0. The number of para-hydroxylation sites is 1. The molecule has 0 bridgehead atoms. The van der Waals surface area contributed by atoms with Crippen molar-refractivity contribution in [2.24, 2.45) is 0 Å². The molecule has 0 saturated carbocycles. The van der Waals surface area contributed by atoms with Crippen molar-refractivity contribution < 1.29 is 4.79 Å². The molecule has 100 valence electrons. The minimum atomic E-state index is -0.143. The van der Waals surface area contributed by atoms with Crippen LogP contribution in [0.5, 0.6) is 0 Å². The van der Waals surface area contributed by atoms with Gasteiger partial charge in [-0.25, -0.2) is 9.78 Å². The highest BCUT2D eigenvalue weighted by Crippen LogP contribution is 2.13. The Kier molecular flexibility index (Phi) is 4.55. The molecule has 5 nitrogen and oxygen atoms in total. The van der Waals surface area contributed by atoms with Gasteiger partial charge in [0.2, 0.25) is 0 Å². The van der Waals surface area contributed by atoms with Gasteiger partial charge >= 0.3 is 6.03 Å². The molecule has 1 aromatic carbocycles. The monoisotopic (exact) mass is 258 g/mol. The van der Waals surface area contributed by atoms with Crippen molar-refractivity contribution >= 4 is 22.8 Å². The van der Waals surface area contributed by atoms with E-state index in [-0.39, 0.29) is 6.03 Å². The van der Waals surface area contributed by atoms with Crippen molar-refractivity contribution in [2.45, 2.75) is 6.92 Å². The Labute approximate surface area is 112 Å². The maximum absolute atomic E-state index is 11.2. The van der Waals surface area contributed by atoms with Crippen molar-refractivity contribution in [1.29, 1.82) is 0 Å². The van der Waals surface area contributed by atoms with Crippen LogP contribution in [0.2, 0.25) is 0 Å². The number of nitrogens with one attached hydrogen (secondary N) is 3. The fourth-order valence-corrected chi connectivity index (χ4v) is 1.75. The molecule has 2 amide bonds. The van der Waals surface area contributed by atoms with E-state index in [9.17, 15) is 4.79 Å². The quantitative estimate of drug-likeness (QED) is 0.718. The van der Waals surface area contributed by atoms with Crippen LogP contribution in [-0.4, -0.2) is 30.6 Å². The molecule has 2 aromatic rings. The molecule has 1 aromatic heterocycles. The molecule has 19 heavy (non-hydrogen) atoms. The third kappa shape index (κ3) is 3.84. The van der Waals surface area contributed by atoms with Gasteiger partial charge in [0.1, 0.15) is 5.82 Å². The fraction of sp³-hybridized carbons (Fsp3) is 0.286. The van der Waals surface area contributed by atoms with Crippen LogP contribution in [0, 0.1) is 0 Å². The lowest BCUT2D eigenvalue weighted by Crippen LogP contribution is -2.37. The molecule has 0 aliphatic rings. The summed E-state index contributed by atoms with van der Waals surface area (Å²) in [5.41, 5.74) is 0.962. The van der Waals surface area contributed by atoms with E-state index in [0.29, 0.717) is 19.6 Å². The second-order valence-corrected chi connectivity index (χ2v) is 4.10. The number of nitrogens with zero attached hydrogens (tertiary/aromatic N) is 1. The molecular weight excluding hydrogens is 240 g/mol. The topological polar surface area (TPSA) is 66.1 Å². The van der Waals surface area contributed by atoms with E-state index in [4.69, 9.17) is 0 Å². The molecule has 2 rings (SSSR count). The van der Waals surface area contributed by atoms with Gasteiger partial charge in [-0.15, -0.1) is 0 Å². The number of carbonyl (C=O) groups excluding carboxylic acids is 1. The van der Waals surface area contributed by atoms with Gasteiger partial charge < -0.3 is 16.0 Å². The number of carbonyl (C=O) groups is 1. The molecule has 5 heteroatoms. The van der Waals surface area contributed by atoms with E-state index in [1.165, 1.54) is 0 Å². The van der Waals surface area contributed by atoms with Crippen LogP contribution in [-0.2, 0) is 0 Å². The van der Waals surface area contributed by atoms with Crippen molar-refractivity contribution in [2.75, 3.05) is 25.0 Å². The zero-order chi connectivity index (χ0) is 13.5. The lowest BCUT2D eigenvalue weighted by Gasteiger charge is -2.08. The Hall–Kier alpha value is -2.30. The second-order valence-electron chi connectivity index (χ2n) is 4.10. The molecule has 1 heterocycles. The molecule has 0 aliphatic heterocycles. The van der Waals surface area contributed by atoms with Gasteiger partial charge in [0.05, 0.1) is 5.52 Å². The number of amides is 2. The van der Waals surface area contributed by atoms with Crippen LogP contribution in [0.25, 0.3) is 10.9 Å². The molecule has 3 N–H and O–H groups in total. The number of aromatic nitrogens is 1. The van der Waals surface area contributed by atoms with Crippen molar-refractivity contribution in [3.05, 3.63) is 36.4 Å². The van der Waals surface area contributed by atoms with E-state index in [1.54, 1.807) is 0 Å². The van der Waals surface area contributed by atoms with Gasteiger partial charge in [-0.3, -0.25) is 0 Å². The predicted octanol–water partition coefficient (Wildman–Crippen LogP) is 1.97. The van der Waals surface area contributed by atoms with E-state index < -0.39 is 0 Å². The van der Waals surface area contributed by atoms with Gasteiger partial charge in [0.25, 0.3) is 0 Å². The highest BCUT2D eigenvalue weighted by Gasteiger charge is 1.98. The van der Waals surface area contributed by atoms with Gasteiger partial charge in [-0.1, -0.05) is 18.2 Å². The summed E-state index contributed by atoms with van der Waals surface area (Å²) < 4.78 is 0. The largest absolute Gasteiger partial charge is 0.368 e. The Balaban J connectivity index is 1.83. The number of anilines is 1. The number of fused-ring (bicyclic) bond motifs is 1. The van der Waals surface area contributed by atoms with Crippen molar-refractivity contribution in [3.8, 4) is 0 Å². The molecule has 0 atom stereocenters. The first kappa shape index (κ1) is 13.1. The highest BCUT2D eigenvalue weighted by atomic mass is 16.2. The SMILES string of the molecule is CCNC(=O)NCCNc1ccc2ccccc2n1. The van der Waals surface area contributed by atoms with Crippen molar-refractivity contribution in [1.82, 2.24) is 15.6 Å². The summed E-state index contributed by atoms with van der Waals surface area (Å²) >= 11 is 0. The standard InChI is InChI=1S/C14H18N4O/c1-2-15-14(19)17-10-9-16-13-8-7-11-5-3-4-6-12(11)18-13/h3-8H,2,9-10H2,1H3,(H,16,18)(H2,15,17,19). The van der Waals surface area contributed by atoms with Crippen LogP contribution in [0.1, 0.15) is 6.92 Å². The fourth-order valence-electron chi connectivity index (χ4n) is 1.75. The maximum Gasteiger partial charge on any atom is 0.314 e. The summed E-state index contributed by atoms with van der Waals surface area (Å²) in [5.74, 6) is 0.816. The summed E-state index contributed by atoms with van der Waals surface area (Å²) in [5, 5.41) is 9.73. The van der Waals surface area contributed by atoms with E-state index in [0.717, 1.165) is 16.7 Å². The average molecular weight is 258 g/mol. The summed E-state index contributed by atoms with van der Waals surface area (Å²) in [6, 6.07) is 11.8. The van der Waals surface area contributed by atoms with Crippen LogP contribution < -0.4 is 16.0 Å². The number of pyridine rings is 1. The molecular formula is C14H18N4O. The van der Waals surface area contributed by atoms with Crippen LogP contribution in [0.4, 0.5) is 10.6 Å². The molecule has 0 saturated heterocycles. The van der Waals surface area contributed by atoms with Gasteiger partial charge in [0, 0.05) is 25.0 Å². The third-order valence-corrected chi connectivity index (χ3v) is 2.65. The number of hydrogen-bond donors (Lipinski definition) is 3. The molecule has 0 fully saturated rings.